The van der Waals surface area contributed by atoms with E-state index in [2.05, 4.69) is 15.9 Å². The number of carbonyl (C=O) groups is 2. The smallest absolute Gasteiger partial charge is 0.268 e. The number of benzene rings is 2. The molecule has 0 fully saturated rings. The van der Waals surface area contributed by atoms with Gasteiger partial charge in [-0.15, -0.1) is 0 Å². The van der Waals surface area contributed by atoms with E-state index >= 15 is 0 Å². The van der Waals surface area contributed by atoms with Gasteiger partial charge >= 0.3 is 0 Å². The van der Waals surface area contributed by atoms with E-state index in [4.69, 9.17) is 9.47 Å². The van der Waals surface area contributed by atoms with Crippen LogP contribution in [0.2, 0.25) is 0 Å². The number of carbonyl (C=O) groups excluding carboxylic acids is 2. The normalized spacial score (nSPS) is 13.8. The van der Waals surface area contributed by atoms with E-state index in [1.54, 1.807) is 18.2 Å². The lowest BCUT2D eigenvalue weighted by atomic mass is 10.1. The van der Waals surface area contributed by atoms with Crippen molar-refractivity contribution < 1.29 is 19.1 Å². The molecule has 1 aliphatic heterocycles. The zero-order valence-electron chi connectivity index (χ0n) is 14.3. The van der Waals surface area contributed by atoms with Gasteiger partial charge in [0.1, 0.15) is 23.7 Å². The van der Waals surface area contributed by atoms with Gasteiger partial charge in [-0.05, 0) is 30.5 Å². The Morgan fingerprint density at radius 2 is 1.85 bits per heavy atom. The maximum absolute atomic E-state index is 13.0. The van der Waals surface area contributed by atoms with E-state index in [0.29, 0.717) is 30.2 Å². The number of rotatable bonds is 7. The molecule has 0 unspecified atom stereocenters. The summed E-state index contributed by atoms with van der Waals surface area (Å²) < 4.78 is 11.4. The zero-order chi connectivity index (χ0) is 18.4. The van der Waals surface area contributed by atoms with Gasteiger partial charge in [-0.3, -0.25) is 14.5 Å². The van der Waals surface area contributed by atoms with Crippen LogP contribution in [-0.2, 0) is 11.4 Å². The van der Waals surface area contributed by atoms with Gasteiger partial charge in [-0.25, -0.2) is 0 Å². The summed E-state index contributed by atoms with van der Waals surface area (Å²) >= 11 is 3.37. The van der Waals surface area contributed by atoms with E-state index in [1.165, 1.54) is 4.90 Å². The number of hydrogen-bond donors (Lipinski definition) is 0. The average Bonchev–Trinajstić information content (AvgIpc) is 2.79. The molecule has 0 spiro atoms. The fraction of sp³-hybridized carbons (Fsp3) is 0.300. The van der Waals surface area contributed by atoms with Crippen molar-refractivity contribution in [2.75, 3.05) is 18.5 Å². The van der Waals surface area contributed by atoms with E-state index in [-0.39, 0.29) is 18.4 Å². The summed E-state index contributed by atoms with van der Waals surface area (Å²) in [7, 11) is 0. The number of hydrogen-bond acceptors (Lipinski definition) is 4. The monoisotopic (exact) mass is 417 g/mol. The number of fused-ring (bicyclic) bond motifs is 1. The highest BCUT2D eigenvalue weighted by Gasteiger charge is 2.31. The SMILES string of the molecule is O=C1COc2cccc(OCc3ccccc3)c2C(=O)N1CCCCBr. The first kappa shape index (κ1) is 18.5. The molecule has 3 rings (SSSR count). The highest BCUT2D eigenvalue weighted by atomic mass is 79.9. The second-order valence-corrected chi connectivity index (χ2v) is 6.73. The van der Waals surface area contributed by atoms with E-state index in [0.717, 1.165) is 23.7 Å². The highest BCUT2D eigenvalue weighted by molar-refractivity contribution is 9.09. The Morgan fingerprint density at radius 1 is 1.04 bits per heavy atom. The summed E-state index contributed by atoms with van der Waals surface area (Å²) in [4.78, 5) is 26.6. The molecule has 0 saturated carbocycles. The van der Waals surface area contributed by atoms with E-state index in [1.807, 2.05) is 30.3 Å². The molecule has 2 amide bonds. The lowest BCUT2D eigenvalue weighted by molar-refractivity contribution is -0.130. The van der Waals surface area contributed by atoms with Crippen LogP contribution in [-0.4, -0.2) is 35.2 Å². The third-order valence-electron chi connectivity index (χ3n) is 4.10. The van der Waals surface area contributed by atoms with E-state index < -0.39 is 0 Å². The van der Waals surface area contributed by atoms with Crippen LogP contribution >= 0.6 is 15.9 Å². The molecular weight excluding hydrogens is 398 g/mol. The Balaban J connectivity index is 1.84. The predicted molar refractivity (Wildman–Crippen MR) is 102 cm³/mol. The number of amides is 2. The molecule has 6 heteroatoms. The molecule has 0 aromatic heterocycles. The molecule has 0 aliphatic carbocycles. The predicted octanol–water partition coefficient (Wildman–Crippen LogP) is 3.80. The molecule has 1 aliphatic rings. The first-order valence-electron chi connectivity index (χ1n) is 8.54. The third kappa shape index (κ3) is 4.25. The summed E-state index contributed by atoms with van der Waals surface area (Å²) in [6.07, 6.45) is 1.63. The quantitative estimate of drug-likeness (QED) is 0.390. The van der Waals surface area contributed by atoms with Crippen molar-refractivity contribution in [2.24, 2.45) is 0 Å². The minimum Gasteiger partial charge on any atom is -0.488 e. The maximum atomic E-state index is 13.0. The number of ether oxygens (including phenoxy) is 2. The van der Waals surface area contributed by atoms with Crippen LogP contribution < -0.4 is 9.47 Å². The fourth-order valence-electron chi connectivity index (χ4n) is 2.75. The number of imide groups is 1. The van der Waals surface area contributed by atoms with Crippen molar-refractivity contribution in [3.05, 3.63) is 59.7 Å². The summed E-state index contributed by atoms with van der Waals surface area (Å²) in [5.41, 5.74) is 1.31. The molecule has 26 heavy (non-hydrogen) atoms. The van der Waals surface area contributed by atoms with Gasteiger partial charge in [0.2, 0.25) is 0 Å². The van der Waals surface area contributed by atoms with Gasteiger partial charge in [0.25, 0.3) is 11.8 Å². The lowest BCUT2D eigenvalue weighted by Crippen LogP contribution is -2.38. The highest BCUT2D eigenvalue weighted by Crippen LogP contribution is 2.32. The molecular formula is C20H20BrNO4. The minimum absolute atomic E-state index is 0.144. The molecule has 0 atom stereocenters. The van der Waals surface area contributed by atoms with Crippen molar-refractivity contribution in [3.63, 3.8) is 0 Å². The van der Waals surface area contributed by atoms with Gasteiger partial charge in [0.05, 0.1) is 0 Å². The standard InChI is InChI=1S/C20H20BrNO4/c21-11-4-5-12-22-18(23)14-26-17-10-6-9-16(19(17)20(22)24)25-13-15-7-2-1-3-8-15/h1-3,6-10H,4-5,11-14H2. The third-order valence-corrected chi connectivity index (χ3v) is 4.66. The van der Waals surface area contributed by atoms with Crippen molar-refractivity contribution in [2.45, 2.75) is 19.4 Å². The molecule has 5 nitrogen and oxygen atoms in total. The fourth-order valence-corrected chi connectivity index (χ4v) is 3.15. The van der Waals surface area contributed by atoms with Crippen LogP contribution in [0.1, 0.15) is 28.8 Å². The summed E-state index contributed by atoms with van der Waals surface area (Å²) in [5, 5.41) is 0.835. The van der Waals surface area contributed by atoms with Crippen molar-refractivity contribution in [1.29, 1.82) is 0 Å². The molecule has 1 heterocycles. The number of halogens is 1. The van der Waals surface area contributed by atoms with Gasteiger partial charge in [-0.2, -0.15) is 0 Å². The molecule has 2 aromatic rings. The van der Waals surface area contributed by atoms with Crippen LogP contribution in [0, 0.1) is 0 Å². The minimum atomic E-state index is -0.360. The molecule has 0 N–H and O–H groups in total. The van der Waals surface area contributed by atoms with Crippen molar-refractivity contribution >= 4 is 27.7 Å². The van der Waals surface area contributed by atoms with Crippen LogP contribution in [0.5, 0.6) is 11.5 Å². The molecule has 0 bridgehead atoms. The average molecular weight is 418 g/mol. The Kier molecular flexibility index (Phi) is 6.28. The topological polar surface area (TPSA) is 55.8 Å². The van der Waals surface area contributed by atoms with Gasteiger partial charge < -0.3 is 9.47 Å². The number of alkyl halides is 1. The molecule has 2 aromatic carbocycles. The lowest BCUT2D eigenvalue weighted by Gasteiger charge is -2.19. The Labute approximate surface area is 161 Å². The van der Waals surface area contributed by atoms with Crippen molar-refractivity contribution in [1.82, 2.24) is 4.90 Å². The zero-order valence-corrected chi connectivity index (χ0v) is 15.9. The molecule has 136 valence electrons. The van der Waals surface area contributed by atoms with Gasteiger partial charge in [0.15, 0.2) is 6.61 Å². The Morgan fingerprint density at radius 3 is 2.62 bits per heavy atom. The Bertz CT molecular complexity index is 779. The first-order chi connectivity index (χ1) is 12.7. The van der Waals surface area contributed by atoms with Crippen LogP contribution in [0.15, 0.2) is 48.5 Å². The number of nitrogens with zero attached hydrogens (tertiary/aromatic N) is 1. The van der Waals surface area contributed by atoms with Crippen LogP contribution in [0.4, 0.5) is 0 Å². The number of unbranched alkanes of at least 4 members (excludes halogenated alkanes) is 1. The van der Waals surface area contributed by atoms with Crippen LogP contribution in [0.3, 0.4) is 0 Å². The second-order valence-electron chi connectivity index (χ2n) is 5.94. The maximum Gasteiger partial charge on any atom is 0.268 e. The van der Waals surface area contributed by atoms with Crippen LogP contribution in [0.25, 0.3) is 0 Å². The summed E-state index contributed by atoms with van der Waals surface area (Å²) in [6.45, 7) is 0.566. The summed E-state index contributed by atoms with van der Waals surface area (Å²) in [6, 6.07) is 14.9. The molecule has 0 radical (unpaired) electrons. The Hall–Kier alpha value is -2.34. The largest absolute Gasteiger partial charge is 0.488 e. The van der Waals surface area contributed by atoms with Gasteiger partial charge in [-0.1, -0.05) is 52.3 Å². The summed E-state index contributed by atoms with van der Waals surface area (Å²) in [5.74, 6) is 0.129. The first-order valence-corrected chi connectivity index (χ1v) is 9.66. The van der Waals surface area contributed by atoms with Gasteiger partial charge in [0, 0.05) is 11.9 Å². The molecule has 0 saturated heterocycles. The second kappa shape index (κ2) is 8.85. The van der Waals surface area contributed by atoms with Crippen molar-refractivity contribution in [3.8, 4) is 11.5 Å². The van der Waals surface area contributed by atoms with E-state index in [9.17, 15) is 9.59 Å².